The van der Waals surface area contributed by atoms with Gasteiger partial charge in [-0.2, -0.15) is 5.10 Å². The Bertz CT molecular complexity index is 397. The number of carboxylic acids is 1. The van der Waals surface area contributed by atoms with E-state index < -0.39 is 16.0 Å². The Labute approximate surface area is 80.2 Å². The molecule has 0 aromatic carbocycles. The summed E-state index contributed by atoms with van der Waals surface area (Å²) in [7, 11) is -3.62. The highest BCUT2D eigenvalue weighted by Gasteiger charge is 2.14. The average Bonchev–Trinajstić information content (AvgIpc) is 2.54. The smallest absolute Gasteiger partial charge is 0.304 e. The van der Waals surface area contributed by atoms with Crippen LogP contribution in [0.25, 0.3) is 0 Å². The van der Waals surface area contributed by atoms with Crippen molar-refractivity contribution in [2.24, 2.45) is 0 Å². The number of nitrogens with zero attached hydrogens (tertiary/aromatic N) is 1. The Morgan fingerprint density at radius 2 is 2.36 bits per heavy atom. The van der Waals surface area contributed by atoms with Gasteiger partial charge in [0.2, 0.25) is 10.0 Å². The molecule has 1 rings (SSSR count). The van der Waals surface area contributed by atoms with Gasteiger partial charge in [-0.05, 0) is 0 Å². The Morgan fingerprint density at radius 3 is 2.86 bits per heavy atom. The second-order valence-corrected chi connectivity index (χ2v) is 4.24. The molecule has 7 nitrogen and oxygen atoms in total. The first-order valence-corrected chi connectivity index (χ1v) is 5.21. The zero-order chi connectivity index (χ0) is 10.6. The van der Waals surface area contributed by atoms with Crippen LogP contribution in [0.3, 0.4) is 0 Å². The molecule has 1 aromatic heterocycles. The van der Waals surface area contributed by atoms with Crippen LogP contribution in [0.4, 0.5) is 0 Å². The summed E-state index contributed by atoms with van der Waals surface area (Å²) >= 11 is 0. The van der Waals surface area contributed by atoms with E-state index in [9.17, 15) is 13.2 Å². The summed E-state index contributed by atoms with van der Waals surface area (Å²) in [6, 6.07) is 0. The van der Waals surface area contributed by atoms with Gasteiger partial charge in [0.1, 0.15) is 4.90 Å². The number of sulfonamides is 1. The molecule has 0 fully saturated rings. The number of aromatic nitrogens is 2. The molecule has 0 aliphatic heterocycles. The van der Waals surface area contributed by atoms with Gasteiger partial charge in [0.15, 0.2) is 0 Å². The van der Waals surface area contributed by atoms with E-state index in [1.54, 1.807) is 0 Å². The second-order valence-electron chi connectivity index (χ2n) is 2.48. The molecule has 0 spiro atoms. The Morgan fingerprint density at radius 1 is 1.64 bits per heavy atom. The Hall–Kier alpha value is -1.41. The molecular weight excluding hydrogens is 210 g/mol. The molecule has 1 aromatic rings. The summed E-state index contributed by atoms with van der Waals surface area (Å²) in [6.07, 6.45) is 2.10. The fourth-order valence-corrected chi connectivity index (χ4v) is 1.70. The minimum Gasteiger partial charge on any atom is -0.481 e. The Balaban J connectivity index is 2.56. The van der Waals surface area contributed by atoms with Crippen LogP contribution in [0.2, 0.25) is 0 Å². The van der Waals surface area contributed by atoms with Gasteiger partial charge in [-0.3, -0.25) is 9.89 Å². The lowest BCUT2D eigenvalue weighted by Gasteiger charge is -2.01. The minimum atomic E-state index is -3.62. The minimum absolute atomic E-state index is 0.0112. The summed E-state index contributed by atoms with van der Waals surface area (Å²) < 4.78 is 24.7. The van der Waals surface area contributed by atoms with Crippen molar-refractivity contribution in [2.45, 2.75) is 11.3 Å². The van der Waals surface area contributed by atoms with E-state index in [1.807, 2.05) is 0 Å². The van der Waals surface area contributed by atoms with Crippen molar-refractivity contribution in [1.82, 2.24) is 14.9 Å². The van der Waals surface area contributed by atoms with Gasteiger partial charge in [0.25, 0.3) is 0 Å². The number of carbonyl (C=O) groups is 1. The molecule has 14 heavy (non-hydrogen) atoms. The molecule has 78 valence electrons. The maximum Gasteiger partial charge on any atom is 0.304 e. The molecule has 0 unspecified atom stereocenters. The van der Waals surface area contributed by atoms with Crippen LogP contribution in [-0.2, 0) is 14.8 Å². The van der Waals surface area contributed by atoms with Gasteiger partial charge >= 0.3 is 5.97 Å². The maximum atomic E-state index is 11.3. The highest BCUT2D eigenvalue weighted by Crippen LogP contribution is 2.03. The van der Waals surface area contributed by atoms with Crippen LogP contribution in [0.5, 0.6) is 0 Å². The van der Waals surface area contributed by atoms with Crippen LogP contribution in [0.1, 0.15) is 6.42 Å². The molecule has 0 atom stereocenters. The molecule has 3 N–H and O–H groups in total. The van der Waals surface area contributed by atoms with E-state index in [4.69, 9.17) is 5.11 Å². The number of hydrogen-bond donors (Lipinski definition) is 3. The van der Waals surface area contributed by atoms with E-state index in [-0.39, 0.29) is 17.9 Å². The third-order valence-corrected chi connectivity index (χ3v) is 2.84. The topological polar surface area (TPSA) is 112 Å². The first-order valence-electron chi connectivity index (χ1n) is 3.72. The number of carboxylic acid groups (broad SMARTS) is 1. The average molecular weight is 219 g/mol. The number of aromatic amines is 1. The van der Waals surface area contributed by atoms with Gasteiger partial charge in [0, 0.05) is 12.7 Å². The molecule has 0 aliphatic carbocycles. The standard InChI is InChI=1S/C6H9N3O4S/c10-6(11)1-2-9-14(12,13)5-3-7-8-4-5/h3-4,9H,1-2H2,(H,7,8)(H,10,11). The second kappa shape index (κ2) is 4.20. The first kappa shape index (κ1) is 10.7. The molecule has 0 aliphatic rings. The number of aliphatic carboxylic acids is 1. The van der Waals surface area contributed by atoms with Gasteiger partial charge in [-0.1, -0.05) is 0 Å². The van der Waals surface area contributed by atoms with E-state index in [2.05, 4.69) is 14.9 Å². The zero-order valence-corrected chi connectivity index (χ0v) is 7.91. The highest BCUT2D eigenvalue weighted by molar-refractivity contribution is 7.89. The highest BCUT2D eigenvalue weighted by atomic mass is 32.2. The summed E-state index contributed by atoms with van der Waals surface area (Å²) in [4.78, 5) is 10.1. The van der Waals surface area contributed by atoms with Gasteiger partial charge in [-0.25, -0.2) is 13.1 Å². The number of rotatable bonds is 5. The van der Waals surface area contributed by atoms with Gasteiger partial charge in [-0.15, -0.1) is 0 Å². The molecule has 0 radical (unpaired) electrons. The van der Waals surface area contributed by atoms with E-state index in [1.165, 1.54) is 6.20 Å². The maximum absolute atomic E-state index is 11.3. The quantitative estimate of drug-likeness (QED) is 0.598. The molecule has 1 heterocycles. The fraction of sp³-hybridized carbons (Fsp3) is 0.333. The Kier molecular flexibility index (Phi) is 3.20. The lowest BCUT2D eigenvalue weighted by atomic mass is 10.5. The third kappa shape index (κ3) is 2.82. The lowest BCUT2D eigenvalue weighted by molar-refractivity contribution is -0.136. The predicted molar refractivity (Wildman–Crippen MR) is 46.0 cm³/mol. The zero-order valence-electron chi connectivity index (χ0n) is 7.10. The monoisotopic (exact) mass is 219 g/mol. The molecule has 0 amide bonds. The molecular formula is C6H9N3O4S. The lowest BCUT2D eigenvalue weighted by Crippen LogP contribution is -2.25. The molecule has 0 saturated heterocycles. The largest absolute Gasteiger partial charge is 0.481 e. The third-order valence-electron chi connectivity index (χ3n) is 1.41. The SMILES string of the molecule is O=C(O)CCNS(=O)(=O)c1cn[nH]c1. The van der Waals surface area contributed by atoms with Crippen LogP contribution >= 0.6 is 0 Å². The summed E-state index contributed by atoms with van der Waals surface area (Å²) in [6.45, 7) is -0.136. The van der Waals surface area contributed by atoms with E-state index >= 15 is 0 Å². The first-order chi connectivity index (χ1) is 6.52. The van der Waals surface area contributed by atoms with E-state index in [0.717, 1.165) is 6.20 Å². The van der Waals surface area contributed by atoms with Crippen LogP contribution in [-0.4, -0.2) is 36.2 Å². The van der Waals surface area contributed by atoms with Crippen molar-refractivity contribution in [2.75, 3.05) is 6.54 Å². The van der Waals surface area contributed by atoms with Gasteiger partial charge in [0.05, 0.1) is 12.6 Å². The number of nitrogens with one attached hydrogen (secondary N) is 2. The molecule has 0 bridgehead atoms. The van der Waals surface area contributed by atoms with Crippen molar-refractivity contribution in [3.05, 3.63) is 12.4 Å². The van der Waals surface area contributed by atoms with Crippen LogP contribution in [0.15, 0.2) is 17.3 Å². The predicted octanol–water partition coefficient (Wildman–Crippen LogP) is -0.837. The van der Waals surface area contributed by atoms with E-state index in [0.29, 0.717) is 0 Å². The summed E-state index contributed by atoms with van der Waals surface area (Å²) in [5, 5.41) is 14.1. The van der Waals surface area contributed by atoms with Crippen LogP contribution < -0.4 is 4.72 Å². The van der Waals surface area contributed by atoms with Crippen LogP contribution in [0, 0.1) is 0 Å². The van der Waals surface area contributed by atoms with Crippen molar-refractivity contribution < 1.29 is 18.3 Å². The van der Waals surface area contributed by atoms with Gasteiger partial charge < -0.3 is 5.11 Å². The number of hydrogen-bond acceptors (Lipinski definition) is 4. The number of H-pyrrole nitrogens is 1. The fourth-order valence-electron chi connectivity index (χ4n) is 0.762. The summed E-state index contributed by atoms with van der Waals surface area (Å²) in [5.41, 5.74) is 0. The van der Waals surface area contributed by atoms with Crippen molar-refractivity contribution >= 4 is 16.0 Å². The van der Waals surface area contributed by atoms with Crippen molar-refractivity contribution in [3.8, 4) is 0 Å². The normalized spacial score (nSPS) is 11.4. The molecule has 8 heteroatoms. The summed E-state index contributed by atoms with van der Waals surface area (Å²) in [5.74, 6) is -1.06. The van der Waals surface area contributed by atoms with Crippen molar-refractivity contribution in [3.63, 3.8) is 0 Å². The van der Waals surface area contributed by atoms with Crippen molar-refractivity contribution in [1.29, 1.82) is 0 Å². The molecule has 0 saturated carbocycles.